The second-order valence-electron chi connectivity index (χ2n) is 23.3. The lowest BCUT2D eigenvalue weighted by atomic mass is 9.85. The summed E-state index contributed by atoms with van der Waals surface area (Å²) in [5, 5.41) is 23.9. The number of carbonyl (C=O) groups excluding carboxylic acids is 8. The van der Waals surface area contributed by atoms with Crippen molar-refractivity contribution in [3.8, 4) is 0 Å². The lowest BCUT2D eigenvalue weighted by molar-refractivity contribution is -0.143. The zero-order valence-corrected chi connectivity index (χ0v) is 48.5. The van der Waals surface area contributed by atoms with Crippen LogP contribution in [0, 0.1) is 10.8 Å². The van der Waals surface area contributed by atoms with Gasteiger partial charge in [-0.3, -0.25) is 38.4 Å². The lowest BCUT2D eigenvalue weighted by Crippen LogP contribution is -2.59. The predicted molar refractivity (Wildman–Crippen MR) is 307 cm³/mol. The van der Waals surface area contributed by atoms with Gasteiger partial charge in [0.2, 0.25) is 35.4 Å². The van der Waals surface area contributed by atoms with Crippen LogP contribution >= 0.6 is 24.8 Å². The van der Waals surface area contributed by atoms with Crippen LogP contribution in [0.1, 0.15) is 137 Å². The Kier molecular flexibility index (Phi) is 21.5. The van der Waals surface area contributed by atoms with Gasteiger partial charge in [0.1, 0.15) is 24.2 Å². The number of nitrogens with zero attached hydrogens (tertiary/aromatic N) is 2. The molecule has 426 valence electrons. The molecule has 2 saturated heterocycles. The van der Waals surface area contributed by atoms with Crippen LogP contribution in [0.5, 0.6) is 0 Å². The molecule has 0 radical (unpaired) electrons. The van der Waals surface area contributed by atoms with Crippen molar-refractivity contribution >= 4 is 83.4 Å². The van der Waals surface area contributed by atoms with Gasteiger partial charge in [0, 0.05) is 47.7 Å². The maximum Gasteiger partial charge on any atom is 0.251 e. The molecule has 2 fully saturated rings. The van der Waals surface area contributed by atoms with Crippen LogP contribution in [-0.2, 0) is 54.5 Å². The van der Waals surface area contributed by atoms with Gasteiger partial charge >= 0.3 is 0 Å². The molecular formula is C58H82Cl2N10O8. The van der Waals surface area contributed by atoms with Gasteiger partial charge in [-0.2, -0.15) is 0 Å². The number of likely N-dealkylation sites (tertiary alicyclic amines) is 2. The number of anilines is 2. The normalized spacial score (nSPS) is 20.4. The molecule has 7 rings (SSSR count). The molecule has 2 aliphatic heterocycles. The zero-order chi connectivity index (χ0) is 55.2. The highest BCUT2D eigenvalue weighted by Gasteiger charge is 2.48. The summed E-state index contributed by atoms with van der Waals surface area (Å²) in [6.45, 7) is 14.4. The molecule has 4 aliphatic rings. The van der Waals surface area contributed by atoms with Crippen molar-refractivity contribution in [2.24, 2.45) is 10.8 Å². The highest BCUT2D eigenvalue weighted by Crippen LogP contribution is 2.33. The van der Waals surface area contributed by atoms with Gasteiger partial charge in [-0.15, -0.1) is 24.8 Å². The van der Waals surface area contributed by atoms with E-state index in [9.17, 15) is 38.4 Å². The third-order valence-electron chi connectivity index (χ3n) is 15.6. The minimum Gasteiger partial charge on any atom is -0.347 e. The predicted octanol–water partition coefficient (Wildman–Crippen LogP) is 5.24. The van der Waals surface area contributed by atoms with Crippen LogP contribution in [0.2, 0.25) is 0 Å². The van der Waals surface area contributed by atoms with E-state index in [4.69, 9.17) is 0 Å². The van der Waals surface area contributed by atoms with Gasteiger partial charge in [-0.05, 0) is 156 Å². The number of likely N-dealkylation sites (N-methyl/N-ethyl adjacent to an activating group) is 2. The summed E-state index contributed by atoms with van der Waals surface area (Å²) in [7, 11) is 3.30. The molecule has 0 unspecified atom stereocenters. The van der Waals surface area contributed by atoms with E-state index in [2.05, 4.69) is 54.7 Å². The summed E-state index contributed by atoms with van der Waals surface area (Å²) in [6, 6.07) is 11.3. The molecule has 8 N–H and O–H groups in total. The van der Waals surface area contributed by atoms with Crippen molar-refractivity contribution < 1.29 is 38.4 Å². The Labute approximate surface area is 472 Å². The molecule has 0 aromatic heterocycles. The van der Waals surface area contributed by atoms with Crippen LogP contribution in [0.25, 0.3) is 0 Å². The SMILES string of the molecule is CN[C@@H](C)C(=O)N[C@H](C(=O)N1C[C@@H](NC(=O)c2cccc(C(=O)N[C@H]3C[C@@H](C(=O)Nc4cccc5c4CCCC5)N(C(=O)[C@@H](NC(=O)[C@H](C)NC)C(C)(C)C)C3)c2)C[C@H]1C(=O)Nc1cccc2c1CCCC2)C(C)(C)C.Cl.Cl. The van der Waals surface area contributed by atoms with Gasteiger partial charge in [0.25, 0.3) is 11.8 Å². The first-order valence-corrected chi connectivity index (χ1v) is 27.1. The molecule has 2 heterocycles. The Balaban J connectivity index is 0.00000560. The van der Waals surface area contributed by atoms with Crippen molar-refractivity contribution in [3.05, 3.63) is 94.0 Å². The summed E-state index contributed by atoms with van der Waals surface area (Å²) in [5.74, 6) is -3.54. The third kappa shape index (κ3) is 14.8. The van der Waals surface area contributed by atoms with Gasteiger partial charge < -0.3 is 52.3 Å². The second kappa shape index (κ2) is 26.7. The highest BCUT2D eigenvalue weighted by molar-refractivity contribution is 6.03. The van der Waals surface area contributed by atoms with Crippen molar-refractivity contribution in [1.82, 2.24) is 41.7 Å². The Morgan fingerprint density at radius 1 is 0.526 bits per heavy atom. The summed E-state index contributed by atoms with van der Waals surface area (Å²) < 4.78 is 0. The maximum absolute atomic E-state index is 14.7. The quantitative estimate of drug-likeness (QED) is 0.0929. The van der Waals surface area contributed by atoms with E-state index in [0.717, 1.165) is 62.5 Å². The van der Waals surface area contributed by atoms with Gasteiger partial charge in [0.15, 0.2) is 0 Å². The van der Waals surface area contributed by atoms with Gasteiger partial charge in [0.05, 0.1) is 12.1 Å². The van der Waals surface area contributed by atoms with Crippen molar-refractivity contribution in [1.29, 1.82) is 0 Å². The number of halogens is 2. The Morgan fingerprint density at radius 3 is 1.24 bits per heavy atom. The molecule has 0 spiro atoms. The molecule has 8 amide bonds. The number of nitrogens with one attached hydrogen (secondary N) is 8. The molecule has 18 nitrogen and oxygen atoms in total. The lowest BCUT2D eigenvalue weighted by Gasteiger charge is -2.36. The van der Waals surface area contributed by atoms with Crippen LogP contribution in [0.3, 0.4) is 0 Å². The first kappa shape index (κ1) is 62.8. The van der Waals surface area contributed by atoms with E-state index in [0.29, 0.717) is 11.4 Å². The number of fused-ring (bicyclic) bond motifs is 2. The number of carbonyl (C=O) groups is 8. The summed E-state index contributed by atoms with van der Waals surface area (Å²) in [6.07, 6.45) is 7.75. The Morgan fingerprint density at radius 2 is 0.885 bits per heavy atom. The van der Waals surface area contributed by atoms with Crippen LogP contribution < -0.4 is 42.5 Å². The van der Waals surface area contributed by atoms with E-state index in [1.165, 1.54) is 27.0 Å². The average Bonchev–Trinajstić information content (AvgIpc) is 4.03. The standard InChI is InChI=1S/C58H80N10O8.2ClH/c1-33(59-9)49(69)65-47(57(3,4)5)55(75)67-31-39(29-45(67)53(73)63-43-26-16-20-35-18-11-13-24-41(35)43)61-51(71)37-22-15-23-38(28-37)52(72)62-40-30-46(54(74)64-44-27-17-21-36-19-12-14-25-42(36)44)68(32-40)56(76)48(58(6,7)8)66-50(70)34(2)60-10;;/h15-17,20-23,26-28,33-34,39-40,45-48,59-60H,11-14,18-19,24-25,29-32H2,1-10H3,(H,61,71)(H,62,72)(H,63,73)(H,64,74)(H,65,69)(H,66,70);2*1H/t33-,34-,39-,40-,45-,46-,47+,48+;;/m0../s1. The highest BCUT2D eigenvalue weighted by atomic mass is 35.5. The van der Waals surface area contributed by atoms with Crippen LogP contribution in [0.15, 0.2) is 60.7 Å². The topological polar surface area (TPSA) is 239 Å². The van der Waals surface area contributed by atoms with Crippen LogP contribution in [-0.4, -0.2) is 133 Å². The molecule has 2 aliphatic carbocycles. The number of hydrogen-bond donors (Lipinski definition) is 8. The first-order valence-electron chi connectivity index (χ1n) is 27.1. The smallest absolute Gasteiger partial charge is 0.251 e. The third-order valence-corrected chi connectivity index (χ3v) is 15.6. The van der Waals surface area contributed by atoms with E-state index in [1.54, 1.807) is 46.1 Å². The van der Waals surface area contributed by atoms with Gasteiger partial charge in [-0.1, -0.05) is 71.9 Å². The molecule has 20 heteroatoms. The Hall–Kier alpha value is -6.08. The fourth-order valence-electron chi connectivity index (χ4n) is 10.9. The summed E-state index contributed by atoms with van der Waals surface area (Å²) in [5.41, 5.74) is 4.71. The molecule has 78 heavy (non-hydrogen) atoms. The average molecular weight is 1120 g/mol. The second-order valence-corrected chi connectivity index (χ2v) is 23.3. The fourth-order valence-corrected chi connectivity index (χ4v) is 10.9. The molecule has 8 atom stereocenters. The minimum atomic E-state index is -1.00. The fraction of sp³-hybridized carbons (Fsp3) is 0.552. The van der Waals surface area contributed by atoms with E-state index in [1.807, 2.05) is 65.8 Å². The van der Waals surface area contributed by atoms with Crippen molar-refractivity contribution in [2.75, 3.05) is 37.8 Å². The summed E-state index contributed by atoms with van der Waals surface area (Å²) >= 11 is 0. The number of hydrogen-bond acceptors (Lipinski definition) is 10. The number of amides is 8. The molecule has 3 aromatic carbocycles. The molecule has 0 saturated carbocycles. The van der Waals surface area contributed by atoms with E-state index < -0.39 is 94.6 Å². The largest absolute Gasteiger partial charge is 0.347 e. The maximum atomic E-state index is 14.7. The number of rotatable bonds is 16. The minimum absolute atomic E-state index is 0. The summed E-state index contributed by atoms with van der Waals surface area (Å²) in [4.78, 5) is 116. The molecule has 0 bridgehead atoms. The molecule has 3 aromatic rings. The van der Waals surface area contributed by atoms with Crippen molar-refractivity contribution in [3.63, 3.8) is 0 Å². The first-order chi connectivity index (χ1) is 36.0. The van der Waals surface area contributed by atoms with Crippen LogP contribution in [0.4, 0.5) is 11.4 Å². The van der Waals surface area contributed by atoms with E-state index in [-0.39, 0.29) is 73.7 Å². The van der Waals surface area contributed by atoms with Crippen molar-refractivity contribution in [2.45, 2.75) is 168 Å². The zero-order valence-electron chi connectivity index (χ0n) is 46.9. The Bertz CT molecular complexity index is 2530. The molecular weight excluding hydrogens is 1040 g/mol. The number of benzene rings is 3. The van der Waals surface area contributed by atoms with E-state index >= 15 is 0 Å². The number of aryl methyl sites for hydroxylation is 2. The monoisotopic (exact) mass is 1120 g/mol. The van der Waals surface area contributed by atoms with Gasteiger partial charge in [-0.25, -0.2) is 0 Å².